The second-order valence-electron chi connectivity index (χ2n) is 11.6. The number of hydrogen-bond acceptors (Lipinski definition) is 7. The van der Waals surface area contributed by atoms with Crippen LogP contribution >= 0.6 is 11.9 Å². The summed E-state index contributed by atoms with van der Waals surface area (Å²) in [6.07, 6.45) is 14.9. The number of halogens is 2. The highest BCUT2D eigenvalue weighted by Crippen LogP contribution is 2.34. The van der Waals surface area contributed by atoms with E-state index in [9.17, 15) is 13.6 Å². The number of aliphatic hydroxyl groups is 1. The Morgan fingerprint density at radius 2 is 1.58 bits per heavy atom. The number of carbonyl (C=O) groups is 1. The summed E-state index contributed by atoms with van der Waals surface area (Å²) < 4.78 is 40.6. The van der Waals surface area contributed by atoms with Crippen molar-refractivity contribution in [3.63, 3.8) is 0 Å². The molecule has 0 bridgehead atoms. The molecule has 1 amide bonds. The fourth-order valence-corrected chi connectivity index (χ4v) is 5.79. The number of para-hydroxylation sites is 1. The average molecular weight is 692 g/mol. The molecule has 48 heavy (non-hydrogen) atoms. The zero-order chi connectivity index (χ0) is 35.8. The molecule has 2 aromatic carbocycles. The largest absolute Gasteiger partial charge is 0.457 e. The van der Waals surface area contributed by atoms with Crippen molar-refractivity contribution < 1.29 is 28.2 Å². The molecule has 0 saturated heterocycles. The normalized spacial score (nSPS) is 18.6. The van der Waals surface area contributed by atoms with Crippen molar-refractivity contribution in [1.82, 2.24) is 0 Å². The van der Waals surface area contributed by atoms with Crippen LogP contribution in [0.2, 0.25) is 0 Å². The molecule has 0 spiro atoms. The fraction of sp³-hybridized carbons (Fsp3) is 0.579. The molecule has 0 aromatic heterocycles. The van der Waals surface area contributed by atoms with Gasteiger partial charge in [-0.3, -0.25) is 9.93 Å². The first-order chi connectivity index (χ1) is 23.2. The third kappa shape index (κ3) is 16.7. The molecule has 0 aliphatic heterocycles. The van der Waals surface area contributed by atoms with Crippen molar-refractivity contribution in [2.75, 3.05) is 13.7 Å². The number of nitrogens with zero attached hydrogens (tertiary/aromatic N) is 1. The smallest absolute Gasteiger partial charge is 0.282 e. The second kappa shape index (κ2) is 25.4. The van der Waals surface area contributed by atoms with E-state index in [1.54, 1.807) is 12.1 Å². The lowest BCUT2D eigenvalue weighted by Gasteiger charge is -2.26. The summed E-state index contributed by atoms with van der Waals surface area (Å²) >= 11 is 1.45. The van der Waals surface area contributed by atoms with Gasteiger partial charge in [0.1, 0.15) is 11.5 Å². The average Bonchev–Trinajstić information content (AvgIpc) is 3.13. The molecule has 2 aromatic rings. The Kier molecular flexibility index (Phi) is 22.9. The van der Waals surface area contributed by atoms with Gasteiger partial charge in [-0.05, 0) is 80.8 Å². The van der Waals surface area contributed by atoms with Gasteiger partial charge in [-0.2, -0.15) is 0 Å². The van der Waals surface area contributed by atoms with Crippen LogP contribution in [0.1, 0.15) is 104 Å². The van der Waals surface area contributed by atoms with E-state index >= 15 is 0 Å². The Morgan fingerprint density at radius 3 is 2.12 bits per heavy atom. The molecule has 7 nitrogen and oxygen atoms in total. The molecule has 1 saturated carbocycles. The highest BCUT2D eigenvalue weighted by molar-refractivity contribution is 7.97. The van der Waals surface area contributed by atoms with Crippen LogP contribution in [0.15, 0.2) is 71.7 Å². The summed E-state index contributed by atoms with van der Waals surface area (Å²) in [5.74, 6) is -2.30. The topological polar surface area (TPSA) is 120 Å². The van der Waals surface area contributed by atoms with E-state index in [1.807, 2.05) is 45.9 Å². The maximum absolute atomic E-state index is 14.5. The van der Waals surface area contributed by atoms with Crippen LogP contribution in [0.4, 0.5) is 8.78 Å². The number of aliphatic imine (C=N–C) groups is 1. The molecule has 10 heteroatoms. The molecule has 4 rings (SSSR count). The Hall–Kier alpha value is -2.63. The van der Waals surface area contributed by atoms with Gasteiger partial charge in [-0.25, -0.2) is 13.8 Å². The maximum atomic E-state index is 14.5. The summed E-state index contributed by atoms with van der Waals surface area (Å²) in [5.41, 5.74) is 6.15. The zero-order valence-corrected chi connectivity index (χ0v) is 30.4. The number of amides is 1. The number of nitrogens with two attached hydrogens (primary N) is 2. The molecular formula is C38H59F2N3O4S. The number of benzene rings is 2. The van der Waals surface area contributed by atoms with E-state index in [-0.39, 0.29) is 11.6 Å². The SMILES string of the molecule is CC.CCCC(=NC(=O)CC(F)(F)c1ccc(Oc2ccccc2)cc1)C(N)CC.CO.NSC1C=CC(OCC2CCCCC2)CC1. The van der Waals surface area contributed by atoms with Crippen LogP contribution in [-0.2, 0) is 15.5 Å². The number of alkyl halides is 2. The molecule has 2 aliphatic rings. The quantitative estimate of drug-likeness (QED) is 0.109. The Bertz CT molecular complexity index is 1180. The molecule has 3 atom stereocenters. The predicted molar refractivity (Wildman–Crippen MR) is 197 cm³/mol. The third-order valence-electron chi connectivity index (χ3n) is 7.99. The first-order valence-electron chi connectivity index (χ1n) is 17.4. The zero-order valence-electron chi connectivity index (χ0n) is 29.6. The van der Waals surface area contributed by atoms with Crippen LogP contribution in [0, 0.1) is 5.92 Å². The van der Waals surface area contributed by atoms with Gasteiger partial charge in [0.05, 0.1) is 19.1 Å². The van der Waals surface area contributed by atoms with Gasteiger partial charge in [0.25, 0.3) is 11.8 Å². The van der Waals surface area contributed by atoms with E-state index < -0.39 is 18.3 Å². The van der Waals surface area contributed by atoms with Crippen LogP contribution in [0.25, 0.3) is 0 Å². The van der Waals surface area contributed by atoms with E-state index in [4.69, 9.17) is 25.5 Å². The molecule has 3 unspecified atom stereocenters. The summed E-state index contributed by atoms with van der Waals surface area (Å²) in [7, 11) is 1.00. The lowest BCUT2D eigenvalue weighted by Crippen LogP contribution is -2.31. The van der Waals surface area contributed by atoms with Gasteiger partial charge in [0, 0.05) is 29.7 Å². The van der Waals surface area contributed by atoms with Gasteiger partial charge in [0.2, 0.25) is 0 Å². The molecule has 1 fully saturated rings. The molecule has 2 aliphatic carbocycles. The van der Waals surface area contributed by atoms with Gasteiger partial charge < -0.3 is 20.3 Å². The van der Waals surface area contributed by atoms with Gasteiger partial charge in [-0.15, -0.1) is 0 Å². The van der Waals surface area contributed by atoms with Crippen LogP contribution in [0.5, 0.6) is 11.5 Å². The number of ether oxygens (including phenoxy) is 2. The highest BCUT2D eigenvalue weighted by atomic mass is 32.2. The van der Waals surface area contributed by atoms with Gasteiger partial charge in [-0.1, -0.05) is 95.7 Å². The van der Waals surface area contributed by atoms with Crippen molar-refractivity contribution in [3.8, 4) is 11.5 Å². The number of carbonyl (C=O) groups excluding carboxylic acids is 1. The number of rotatable bonds is 13. The monoisotopic (exact) mass is 691 g/mol. The van der Waals surface area contributed by atoms with Crippen molar-refractivity contribution in [1.29, 1.82) is 0 Å². The molecular weight excluding hydrogens is 632 g/mol. The summed E-state index contributed by atoms with van der Waals surface area (Å²) in [4.78, 5) is 16.0. The third-order valence-corrected chi connectivity index (χ3v) is 8.74. The van der Waals surface area contributed by atoms with Gasteiger partial charge in [0.15, 0.2) is 0 Å². The summed E-state index contributed by atoms with van der Waals surface area (Å²) in [5, 5.41) is 13.1. The van der Waals surface area contributed by atoms with Crippen LogP contribution in [-0.4, -0.2) is 47.8 Å². The van der Waals surface area contributed by atoms with Crippen molar-refractivity contribution in [3.05, 3.63) is 72.3 Å². The van der Waals surface area contributed by atoms with E-state index in [1.165, 1.54) is 68.3 Å². The van der Waals surface area contributed by atoms with Crippen molar-refractivity contribution >= 4 is 23.6 Å². The minimum Gasteiger partial charge on any atom is -0.457 e. The maximum Gasteiger partial charge on any atom is 0.282 e. The minimum atomic E-state index is -3.32. The first kappa shape index (κ1) is 43.4. The second-order valence-corrected chi connectivity index (χ2v) is 12.5. The van der Waals surface area contributed by atoms with Crippen LogP contribution in [0.3, 0.4) is 0 Å². The Balaban J connectivity index is 0.000000486. The standard InChI is InChI=1S/C22H26F2N2O2.C13H23NOS.C2H6.CH4O/c1-3-8-20(19(25)4-2)26-21(27)15-22(23,24)16-11-13-18(14-12-16)28-17-9-6-5-7-10-17;14-16-13-8-6-12(7-9-13)15-10-11-4-2-1-3-5-11;2*1-2/h5-7,9-14,19H,3-4,8,15,25H2,1-2H3;6,8,11-13H,1-5,7,9-10,14H2;1-2H3;2H,1H3. The summed E-state index contributed by atoms with van der Waals surface area (Å²) in [6.45, 7) is 8.76. The lowest BCUT2D eigenvalue weighted by molar-refractivity contribution is -0.125. The summed E-state index contributed by atoms with van der Waals surface area (Å²) in [6, 6.07) is 14.1. The van der Waals surface area contributed by atoms with E-state index in [0.717, 1.165) is 38.9 Å². The van der Waals surface area contributed by atoms with Crippen LogP contribution < -0.4 is 15.6 Å². The van der Waals surface area contributed by atoms with Crippen molar-refractivity contribution in [2.24, 2.45) is 21.8 Å². The highest BCUT2D eigenvalue weighted by Gasteiger charge is 2.34. The fourth-order valence-electron chi connectivity index (χ4n) is 5.33. The van der Waals surface area contributed by atoms with Gasteiger partial charge >= 0.3 is 0 Å². The molecule has 5 N–H and O–H groups in total. The minimum absolute atomic E-state index is 0.256. The predicted octanol–water partition coefficient (Wildman–Crippen LogP) is 9.38. The molecule has 270 valence electrons. The molecule has 0 radical (unpaired) electrons. The Morgan fingerprint density at radius 1 is 0.958 bits per heavy atom. The van der Waals surface area contributed by atoms with E-state index in [0.29, 0.717) is 41.4 Å². The lowest BCUT2D eigenvalue weighted by atomic mass is 9.90. The number of aliphatic hydroxyl groups excluding tert-OH is 1. The molecule has 0 heterocycles. The Labute approximate surface area is 292 Å². The van der Waals surface area contributed by atoms with E-state index in [2.05, 4.69) is 17.1 Å². The first-order valence-corrected chi connectivity index (χ1v) is 18.4. The number of hydrogen-bond donors (Lipinski definition) is 3. The van der Waals surface area contributed by atoms with Crippen molar-refractivity contribution in [2.45, 2.75) is 122 Å².